The van der Waals surface area contributed by atoms with Crippen LogP contribution in [0, 0.1) is 6.92 Å². The number of thioether (sulfide) groups is 1. The number of hydrogen-bond acceptors (Lipinski definition) is 3. The van der Waals surface area contributed by atoms with E-state index in [2.05, 4.69) is 19.1 Å². The molecule has 1 amide bonds. The van der Waals surface area contributed by atoms with Crippen molar-refractivity contribution in [3.8, 4) is 0 Å². The summed E-state index contributed by atoms with van der Waals surface area (Å²) in [5, 5.41) is 10.4. The molecule has 0 bridgehead atoms. The van der Waals surface area contributed by atoms with E-state index in [1.807, 2.05) is 42.5 Å². The van der Waals surface area contributed by atoms with Gasteiger partial charge in [-0.2, -0.15) is 0 Å². The van der Waals surface area contributed by atoms with Crippen molar-refractivity contribution in [2.45, 2.75) is 18.4 Å². The van der Waals surface area contributed by atoms with Crippen LogP contribution in [0.4, 0.5) is 0 Å². The van der Waals surface area contributed by atoms with E-state index < -0.39 is 6.10 Å². The highest BCUT2D eigenvalue weighted by Crippen LogP contribution is 2.40. The molecule has 0 aliphatic carbocycles. The Morgan fingerprint density at radius 2 is 1.86 bits per heavy atom. The van der Waals surface area contributed by atoms with E-state index in [0.29, 0.717) is 12.3 Å². The first-order valence-corrected chi connectivity index (χ1v) is 8.41. The number of aliphatic hydroxyl groups is 1. The normalized spacial score (nSPS) is 19.5. The lowest BCUT2D eigenvalue weighted by Crippen LogP contribution is -2.32. The molecule has 1 saturated heterocycles. The van der Waals surface area contributed by atoms with Gasteiger partial charge >= 0.3 is 0 Å². The number of amides is 1. The Balaban J connectivity index is 1.81. The minimum atomic E-state index is -0.657. The maximum absolute atomic E-state index is 12.2. The van der Waals surface area contributed by atoms with Gasteiger partial charge in [-0.3, -0.25) is 4.79 Å². The highest BCUT2D eigenvalue weighted by molar-refractivity contribution is 8.00. The number of rotatable bonds is 4. The van der Waals surface area contributed by atoms with Crippen molar-refractivity contribution in [2.75, 3.05) is 12.3 Å². The van der Waals surface area contributed by atoms with Gasteiger partial charge in [-0.15, -0.1) is 11.8 Å². The maximum Gasteiger partial charge on any atom is 0.233 e. The topological polar surface area (TPSA) is 40.5 Å². The summed E-state index contributed by atoms with van der Waals surface area (Å²) in [6, 6.07) is 17.6. The summed E-state index contributed by atoms with van der Waals surface area (Å²) < 4.78 is 0. The average Bonchev–Trinajstić information content (AvgIpc) is 2.90. The van der Waals surface area contributed by atoms with Gasteiger partial charge in [0.15, 0.2) is 0 Å². The third-order valence-corrected chi connectivity index (χ3v) is 5.21. The standard InChI is InChI=1S/C18H19NO2S/c1-13-7-5-6-10-15(13)18-19(17(21)12-22-18)11-16(20)14-8-3-2-4-9-14/h2-10,16,18,20H,11-12H2,1H3/t16-,18+/m1/s1. The van der Waals surface area contributed by atoms with Crippen molar-refractivity contribution in [1.82, 2.24) is 4.90 Å². The van der Waals surface area contributed by atoms with Gasteiger partial charge in [-0.1, -0.05) is 54.6 Å². The van der Waals surface area contributed by atoms with Crippen LogP contribution in [-0.4, -0.2) is 28.2 Å². The van der Waals surface area contributed by atoms with Gasteiger partial charge < -0.3 is 10.0 Å². The number of carbonyl (C=O) groups is 1. The first-order valence-electron chi connectivity index (χ1n) is 7.36. The molecule has 4 heteroatoms. The fourth-order valence-corrected chi connectivity index (χ4v) is 4.03. The largest absolute Gasteiger partial charge is 0.387 e. The summed E-state index contributed by atoms with van der Waals surface area (Å²) in [7, 11) is 0. The summed E-state index contributed by atoms with van der Waals surface area (Å²) in [6.45, 7) is 2.39. The van der Waals surface area contributed by atoms with E-state index in [1.165, 1.54) is 5.56 Å². The fraction of sp³-hybridized carbons (Fsp3) is 0.278. The molecule has 0 radical (unpaired) electrons. The Bertz CT molecular complexity index is 659. The molecule has 0 spiro atoms. The van der Waals surface area contributed by atoms with E-state index in [9.17, 15) is 9.90 Å². The quantitative estimate of drug-likeness (QED) is 0.941. The molecule has 0 aromatic heterocycles. The number of carbonyl (C=O) groups excluding carboxylic acids is 1. The molecular formula is C18H19NO2S. The van der Waals surface area contributed by atoms with E-state index in [0.717, 1.165) is 11.1 Å². The number of β-amino-alcohol motifs (C(OH)–C–C–N with tert-alkyl or cyclic N) is 1. The first-order chi connectivity index (χ1) is 10.7. The molecule has 0 unspecified atom stereocenters. The lowest BCUT2D eigenvalue weighted by atomic mass is 10.1. The Kier molecular flexibility index (Phi) is 4.50. The predicted molar refractivity (Wildman–Crippen MR) is 89.5 cm³/mol. The van der Waals surface area contributed by atoms with Crippen molar-refractivity contribution in [1.29, 1.82) is 0 Å². The van der Waals surface area contributed by atoms with Crippen LogP contribution >= 0.6 is 11.8 Å². The second-order valence-corrected chi connectivity index (χ2v) is 6.56. The van der Waals surface area contributed by atoms with Gasteiger partial charge in [0, 0.05) is 0 Å². The van der Waals surface area contributed by atoms with E-state index >= 15 is 0 Å². The van der Waals surface area contributed by atoms with Crippen LogP contribution in [0.2, 0.25) is 0 Å². The van der Waals surface area contributed by atoms with Gasteiger partial charge in [-0.05, 0) is 23.6 Å². The van der Waals surface area contributed by atoms with Crippen LogP contribution in [0.5, 0.6) is 0 Å². The predicted octanol–water partition coefficient (Wildman–Crippen LogP) is 3.30. The van der Waals surface area contributed by atoms with Crippen LogP contribution in [0.1, 0.15) is 28.2 Å². The molecule has 22 heavy (non-hydrogen) atoms. The lowest BCUT2D eigenvalue weighted by Gasteiger charge is -2.27. The molecule has 3 rings (SSSR count). The zero-order chi connectivity index (χ0) is 15.5. The van der Waals surface area contributed by atoms with Crippen molar-refractivity contribution in [3.63, 3.8) is 0 Å². The van der Waals surface area contributed by atoms with Gasteiger partial charge in [0.05, 0.1) is 18.4 Å². The van der Waals surface area contributed by atoms with Crippen molar-refractivity contribution in [3.05, 3.63) is 71.3 Å². The molecule has 1 aliphatic heterocycles. The Morgan fingerprint density at radius 3 is 2.59 bits per heavy atom. The smallest absolute Gasteiger partial charge is 0.233 e. The molecule has 1 heterocycles. The zero-order valence-corrected chi connectivity index (χ0v) is 13.3. The van der Waals surface area contributed by atoms with Crippen molar-refractivity contribution < 1.29 is 9.90 Å². The fourth-order valence-electron chi connectivity index (χ4n) is 2.74. The first kappa shape index (κ1) is 15.1. The molecule has 2 aromatic rings. The Labute approximate surface area is 135 Å². The maximum atomic E-state index is 12.2. The summed E-state index contributed by atoms with van der Waals surface area (Å²) >= 11 is 1.63. The van der Waals surface area contributed by atoms with Crippen LogP contribution in [0.25, 0.3) is 0 Å². The lowest BCUT2D eigenvalue weighted by molar-refractivity contribution is -0.129. The molecule has 2 atom stereocenters. The monoisotopic (exact) mass is 313 g/mol. The highest BCUT2D eigenvalue weighted by Gasteiger charge is 2.34. The zero-order valence-electron chi connectivity index (χ0n) is 12.5. The number of benzene rings is 2. The number of hydrogen-bond donors (Lipinski definition) is 1. The van der Waals surface area contributed by atoms with Gasteiger partial charge in [-0.25, -0.2) is 0 Å². The van der Waals surface area contributed by atoms with E-state index in [-0.39, 0.29) is 11.3 Å². The second kappa shape index (κ2) is 6.55. The summed E-state index contributed by atoms with van der Waals surface area (Å²) in [5.41, 5.74) is 3.17. The van der Waals surface area contributed by atoms with Gasteiger partial charge in [0.2, 0.25) is 5.91 Å². The average molecular weight is 313 g/mol. The Hall–Kier alpha value is -1.78. The van der Waals surface area contributed by atoms with Crippen molar-refractivity contribution >= 4 is 17.7 Å². The minimum absolute atomic E-state index is 0.00735. The second-order valence-electron chi connectivity index (χ2n) is 5.49. The van der Waals surface area contributed by atoms with Gasteiger partial charge in [0.25, 0.3) is 0 Å². The summed E-state index contributed by atoms with van der Waals surface area (Å²) in [5.74, 6) is 0.564. The number of aliphatic hydroxyl groups excluding tert-OH is 1. The van der Waals surface area contributed by atoms with E-state index in [1.54, 1.807) is 16.7 Å². The van der Waals surface area contributed by atoms with Crippen LogP contribution in [-0.2, 0) is 4.79 Å². The van der Waals surface area contributed by atoms with E-state index in [4.69, 9.17) is 0 Å². The highest BCUT2D eigenvalue weighted by atomic mass is 32.2. The third-order valence-electron chi connectivity index (χ3n) is 3.98. The Morgan fingerprint density at radius 1 is 1.18 bits per heavy atom. The molecule has 3 nitrogen and oxygen atoms in total. The SMILES string of the molecule is Cc1ccccc1[C@@H]1SCC(=O)N1C[C@@H](O)c1ccccc1. The number of nitrogens with zero attached hydrogens (tertiary/aromatic N) is 1. The molecule has 114 valence electrons. The van der Waals surface area contributed by atoms with Crippen LogP contribution in [0.3, 0.4) is 0 Å². The molecule has 0 saturated carbocycles. The molecule has 1 aliphatic rings. The van der Waals surface area contributed by atoms with Crippen LogP contribution in [0.15, 0.2) is 54.6 Å². The van der Waals surface area contributed by atoms with Gasteiger partial charge in [0.1, 0.15) is 5.37 Å². The molecule has 1 fully saturated rings. The molecular weight excluding hydrogens is 294 g/mol. The minimum Gasteiger partial charge on any atom is -0.387 e. The summed E-state index contributed by atoms with van der Waals surface area (Å²) in [6.07, 6.45) is -0.657. The third kappa shape index (κ3) is 3.03. The number of aryl methyl sites for hydroxylation is 1. The molecule has 1 N–H and O–H groups in total. The van der Waals surface area contributed by atoms with Crippen LogP contribution < -0.4 is 0 Å². The summed E-state index contributed by atoms with van der Waals surface area (Å²) in [4.78, 5) is 14.0. The van der Waals surface area contributed by atoms with Crippen molar-refractivity contribution in [2.24, 2.45) is 0 Å². The molecule has 2 aromatic carbocycles.